The summed E-state index contributed by atoms with van der Waals surface area (Å²) in [4.78, 5) is 3.26. The Kier molecular flexibility index (Phi) is 3.72. The van der Waals surface area contributed by atoms with Crippen molar-refractivity contribution in [2.24, 2.45) is 0 Å². The highest BCUT2D eigenvalue weighted by atomic mass is 16.5. The van der Waals surface area contributed by atoms with Crippen molar-refractivity contribution < 1.29 is 9.15 Å². The van der Waals surface area contributed by atoms with Gasteiger partial charge in [-0.2, -0.15) is 5.10 Å². The van der Waals surface area contributed by atoms with Crippen molar-refractivity contribution in [1.82, 2.24) is 25.4 Å². The Bertz CT molecular complexity index is 1230. The summed E-state index contributed by atoms with van der Waals surface area (Å²) in [6, 6.07) is 12.5. The molecule has 27 heavy (non-hydrogen) atoms. The van der Waals surface area contributed by atoms with Crippen LogP contribution in [-0.2, 0) is 11.2 Å². The van der Waals surface area contributed by atoms with Crippen LogP contribution in [0.5, 0.6) is 0 Å². The van der Waals surface area contributed by atoms with Crippen molar-refractivity contribution in [1.29, 1.82) is 0 Å². The Hall–Kier alpha value is -3.45. The van der Waals surface area contributed by atoms with Gasteiger partial charge < -0.3 is 14.1 Å². The smallest absolute Gasteiger partial charge is 0.248 e. The van der Waals surface area contributed by atoms with Gasteiger partial charge in [0, 0.05) is 36.0 Å². The summed E-state index contributed by atoms with van der Waals surface area (Å²) in [6.45, 7) is 0.540. The fourth-order valence-electron chi connectivity index (χ4n) is 3.37. The maximum atomic E-state index is 5.86. The SMILES string of the molecule is COCCc1nnc(-c2cc(-c3cccc4[nH]ccc34)cc3[nH]ncc23)o1. The van der Waals surface area contributed by atoms with Gasteiger partial charge in [-0.25, -0.2) is 0 Å². The molecule has 0 saturated carbocycles. The number of aromatic nitrogens is 5. The molecule has 2 N–H and O–H groups in total. The standard InChI is InChI=1S/C20H17N5O2/c1-26-8-6-19-24-25-20(27-19)15-9-12(10-18-16(15)11-22-23-18)13-3-2-4-17-14(13)5-7-21-17/h2-5,7,9-11,21H,6,8H2,1H3,(H,22,23). The number of nitrogens with one attached hydrogen (secondary N) is 2. The summed E-state index contributed by atoms with van der Waals surface area (Å²) < 4.78 is 10.9. The molecule has 0 bridgehead atoms. The van der Waals surface area contributed by atoms with E-state index in [0.29, 0.717) is 24.8 Å². The van der Waals surface area contributed by atoms with Crippen LogP contribution in [0.4, 0.5) is 0 Å². The number of hydrogen-bond donors (Lipinski definition) is 2. The highest BCUT2D eigenvalue weighted by molar-refractivity contribution is 6.01. The predicted octanol–water partition coefficient (Wildman–Crippen LogP) is 3.95. The second kappa shape index (κ2) is 6.37. The van der Waals surface area contributed by atoms with E-state index in [2.05, 4.69) is 55.7 Å². The summed E-state index contributed by atoms with van der Waals surface area (Å²) in [6.07, 6.45) is 4.31. The fraction of sp³-hybridized carbons (Fsp3) is 0.150. The van der Waals surface area contributed by atoms with Crippen molar-refractivity contribution in [2.45, 2.75) is 6.42 Å². The van der Waals surface area contributed by atoms with E-state index >= 15 is 0 Å². The fourth-order valence-corrected chi connectivity index (χ4v) is 3.37. The second-order valence-electron chi connectivity index (χ2n) is 6.34. The van der Waals surface area contributed by atoms with Crippen LogP contribution in [0, 0.1) is 0 Å². The number of benzene rings is 2. The molecule has 7 heteroatoms. The number of methoxy groups -OCH3 is 1. The van der Waals surface area contributed by atoms with E-state index in [-0.39, 0.29) is 0 Å². The Balaban J connectivity index is 1.68. The first-order valence-corrected chi connectivity index (χ1v) is 8.69. The Morgan fingerprint density at radius 1 is 1.04 bits per heavy atom. The monoisotopic (exact) mass is 359 g/mol. The molecule has 134 valence electrons. The van der Waals surface area contributed by atoms with E-state index < -0.39 is 0 Å². The van der Waals surface area contributed by atoms with E-state index in [1.807, 2.05) is 12.3 Å². The maximum Gasteiger partial charge on any atom is 0.248 e. The van der Waals surface area contributed by atoms with Gasteiger partial charge in [0.25, 0.3) is 0 Å². The van der Waals surface area contributed by atoms with E-state index in [9.17, 15) is 0 Å². The summed E-state index contributed by atoms with van der Waals surface area (Å²) >= 11 is 0. The summed E-state index contributed by atoms with van der Waals surface area (Å²) in [5.41, 5.74) is 5.07. The van der Waals surface area contributed by atoms with E-state index in [1.165, 1.54) is 0 Å². The highest BCUT2D eigenvalue weighted by Crippen LogP contribution is 2.35. The minimum atomic E-state index is 0.482. The van der Waals surface area contributed by atoms with E-state index in [0.717, 1.165) is 38.5 Å². The van der Waals surface area contributed by atoms with Crippen molar-refractivity contribution in [2.75, 3.05) is 13.7 Å². The summed E-state index contributed by atoms with van der Waals surface area (Å²) in [5, 5.41) is 17.7. The summed E-state index contributed by atoms with van der Waals surface area (Å²) in [7, 11) is 1.65. The van der Waals surface area contributed by atoms with Gasteiger partial charge in [0.2, 0.25) is 11.8 Å². The largest absolute Gasteiger partial charge is 0.421 e. The third-order valence-corrected chi connectivity index (χ3v) is 4.68. The highest BCUT2D eigenvalue weighted by Gasteiger charge is 2.16. The number of nitrogens with zero attached hydrogens (tertiary/aromatic N) is 3. The number of rotatable bonds is 5. The Labute approximate surface area is 154 Å². The van der Waals surface area contributed by atoms with E-state index in [1.54, 1.807) is 13.3 Å². The molecule has 7 nitrogen and oxygen atoms in total. The minimum absolute atomic E-state index is 0.482. The lowest BCUT2D eigenvalue weighted by Crippen LogP contribution is -1.93. The van der Waals surface area contributed by atoms with Gasteiger partial charge >= 0.3 is 0 Å². The number of fused-ring (bicyclic) bond motifs is 2. The Morgan fingerprint density at radius 2 is 2.00 bits per heavy atom. The quantitative estimate of drug-likeness (QED) is 0.496. The molecular formula is C20H17N5O2. The molecular weight excluding hydrogens is 342 g/mol. The molecule has 3 aromatic heterocycles. The number of aromatic amines is 2. The lowest BCUT2D eigenvalue weighted by molar-refractivity contribution is 0.195. The first-order chi connectivity index (χ1) is 13.3. The van der Waals surface area contributed by atoms with Crippen LogP contribution in [-0.4, -0.2) is 39.1 Å². The molecule has 0 spiro atoms. The van der Waals surface area contributed by atoms with E-state index in [4.69, 9.17) is 9.15 Å². The third kappa shape index (κ3) is 2.69. The average molecular weight is 359 g/mol. The first kappa shape index (κ1) is 15.8. The van der Waals surface area contributed by atoms with Gasteiger partial charge in [-0.1, -0.05) is 12.1 Å². The molecule has 5 rings (SSSR count). The molecule has 0 unspecified atom stereocenters. The van der Waals surface area contributed by atoms with Gasteiger partial charge in [-0.3, -0.25) is 5.10 Å². The normalized spacial score (nSPS) is 11.6. The van der Waals surface area contributed by atoms with Crippen LogP contribution in [0.1, 0.15) is 5.89 Å². The van der Waals surface area contributed by atoms with Gasteiger partial charge in [0.1, 0.15) is 0 Å². The van der Waals surface area contributed by atoms with Crippen LogP contribution >= 0.6 is 0 Å². The first-order valence-electron chi connectivity index (χ1n) is 8.69. The zero-order valence-electron chi connectivity index (χ0n) is 14.7. The number of hydrogen-bond acceptors (Lipinski definition) is 5. The van der Waals surface area contributed by atoms with Crippen molar-refractivity contribution in [3.63, 3.8) is 0 Å². The third-order valence-electron chi connectivity index (χ3n) is 4.68. The lowest BCUT2D eigenvalue weighted by atomic mass is 9.98. The summed E-state index contributed by atoms with van der Waals surface area (Å²) in [5.74, 6) is 1.04. The average Bonchev–Trinajstić information content (AvgIpc) is 3.45. The van der Waals surface area contributed by atoms with Crippen LogP contribution < -0.4 is 0 Å². The molecule has 0 fully saturated rings. The topological polar surface area (TPSA) is 92.6 Å². The molecule has 0 aliphatic heterocycles. The molecule has 0 saturated heterocycles. The molecule has 3 heterocycles. The van der Waals surface area contributed by atoms with Crippen molar-refractivity contribution >= 4 is 21.8 Å². The molecule has 5 aromatic rings. The van der Waals surface area contributed by atoms with Crippen LogP contribution in [0.3, 0.4) is 0 Å². The van der Waals surface area contributed by atoms with Gasteiger partial charge in [-0.15, -0.1) is 10.2 Å². The molecule has 0 radical (unpaired) electrons. The molecule has 0 aliphatic rings. The second-order valence-corrected chi connectivity index (χ2v) is 6.34. The molecule has 2 aromatic carbocycles. The minimum Gasteiger partial charge on any atom is -0.421 e. The van der Waals surface area contributed by atoms with Crippen molar-refractivity contribution in [3.8, 4) is 22.6 Å². The zero-order valence-corrected chi connectivity index (χ0v) is 14.7. The Morgan fingerprint density at radius 3 is 2.93 bits per heavy atom. The van der Waals surface area contributed by atoms with Crippen molar-refractivity contribution in [3.05, 3.63) is 54.7 Å². The van der Waals surface area contributed by atoms with Crippen LogP contribution in [0.15, 0.2) is 53.2 Å². The number of ether oxygens (including phenoxy) is 1. The van der Waals surface area contributed by atoms with Crippen LogP contribution in [0.25, 0.3) is 44.4 Å². The van der Waals surface area contributed by atoms with Gasteiger partial charge in [0.05, 0.1) is 23.9 Å². The molecule has 0 aliphatic carbocycles. The van der Waals surface area contributed by atoms with Gasteiger partial charge in [0.15, 0.2) is 0 Å². The van der Waals surface area contributed by atoms with Gasteiger partial charge in [-0.05, 0) is 35.4 Å². The molecule has 0 amide bonds. The van der Waals surface area contributed by atoms with Crippen LogP contribution in [0.2, 0.25) is 0 Å². The maximum absolute atomic E-state index is 5.86. The molecule has 0 atom stereocenters. The number of H-pyrrole nitrogens is 2. The zero-order chi connectivity index (χ0) is 18.2. The lowest BCUT2D eigenvalue weighted by Gasteiger charge is -2.07. The predicted molar refractivity (Wildman–Crippen MR) is 102 cm³/mol.